The average Bonchev–Trinajstić information content (AvgIpc) is 2.45. The standard InChI is InChI=1S/C16H26N4O2/c1-10-12(13(21)19-15(18-10)16(2,3)4)14(22)20-8-6-7-11(9-20)17-5/h11,17H,6-9H2,1-5H3,(H,18,19,21). The van der Waals surface area contributed by atoms with E-state index in [4.69, 9.17) is 0 Å². The van der Waals surface area contributed by atoms with E-state index >= 15 is 0 Å². The molecule has 1 aliphatic rings. The molecule has 122 valence electrons. The lowest BCUT2D eigenvalue weighted by Crippen LogP contribution is -2.48. The summed E-state index contributed by atoms with van der Waals surface area (Å²) < 4.78 is 0. The molecule has 0 aliphatic carbocycles. The van der Waals surface area contributed by atoms with Crippen molar-refractivity contribution in [2.45, 2.75) is 52.0 Å². The molecule has 1 unspecified atom stereocenters. The van der Waals surface area contributed by atoms with E-state index in [-0.39, 0.29) is 22.4 Å². The van der Waals surface area contributed by atoms with E-state index in [1.807, 2.05) is 27.8 Å². The SMILES string of the molecule is CNC1CCCN(C(=O)c2c(C)nc(C(C)(C)C)[nH]c2=O)C1. The van der Waals surface area contributed by atoms with Gasteiger partial charge in [-0.05, 0) is 26.8 Å². The van der Waals surface area contributed by atoms with Crippen molar-refractivity contribution in [3.05, 3.63) is 27.4 Å². The van der Waals surface area contributed by atoms with Crippen LogP contribution in [0.15, 0.2) is 4.79 Å². The number of likely N-dealkylation sites (tertiary alicyclic amines) is 1. The molecule has 1 fully saturated rings. The molecule has 6 heteroatoms. The Morgan fingerprint density at radius 2 is 2.09 bits per heavy atom. The first kappa shape index (κ1) is 16.7. The zero-order chi connectivity index (χ0) is 16.5. The van der Waals surface area contributed by atoms with E-state index < -0.39 is 0 Å². The van der Waals surface area contributed by atoms with Crippen LogP contribution in [0.5, 0.6) is 0 Å². The molecule has 1 saturated heterocycles. The smallest absolute Gasteiger partial charge is 0.264 e. The van der Waals surface area contributed by atoms with Crippen molar-refractivity contribution in [3.63, 3.8) is 0 Å². The minimum Gasteiger partial charge on any atom is -0.337 e. The van der Waals surface area contributed by atoms with Crippen LogP contribution >= 0.6 is 0 Å². The minimum absolute atomic E-state index is 0.171. The summed E-state index contributed by atoms with van der Waals surface area (Å²) in [5.41, 5.74) is 0.0809. The summed E-state index contributed by atoms with van der Waals surface area (Å²) in [5.74, 6) is 0.393. The molecule has 1 aromatic rings. The van der Waals surface area contributed by atoms with Gasteiger partial charge in [0.2, 0.25) is 0 Å². The molecular formula is C16H26N4O2. The number of hydrogen-bond donors (Lipinski definition) is 2. The molecule has 0 aromatic carbocycles. The Hall–Kier alpha value is -1.69. The van der Waals surface area contributed by atoms with Crippen molar-refractivity contribution in [3.8, 4) is 0 Å². The van der Waals surface area contributed by atoms with Crippen molar-refractivity contribution in [2.75, 3.05) is 20.1 Å². The van der Waals surface area contributed by atoms with Gasteiger partial charge in [0.15, 0.2) is 0 Å². The van der Waals surface area contributed by atoms with Crippen LogP contribution in [-0.4, -0.2) is 47.0 Å². The van der Waals surface area contributed by atoms with Gasteiger partial charge in [0.25, 0.3) is 11.5 Å². The summed E-state index contributed by atoms with van der Waals surface area (Å²) in [6.45, 7) is 9.00. The number of amides is 1. The molecule has 2 heterocycles. The highest BCUT2D eigenvalue weighted by molar-refractivity contribution is 5.95. The van der Waals surface area contributed by atoms with Crippen LogP contribution in [0, 0.1) is 6.92 Å². The lowest BCUT2D eigenvalue weighted by molar-refractivity contribution is 0.0694. The Bertz CT molecular complexity index is 616. The van der Waals surface area contributed by atoms with Crippen molar-refractivity contribution >= 4 is 5.91 Å². The van der Waals surface area contributed by atoms with Crippen molar-refractivity contribution in [1.29, 1.82) is 0 Å². The second-order valence-electron chi connectivity index (χ2n) is 7.00. The summed E-state index contributed by atoms with van der Waals surface area (Å²) in [6.07, 6.45) is 2.00. The molecule has 2 N–H and O–H groups in total. The van der Waals surface area contributed by atoms with Crippen molar-refractivity contribution in [1.82, 2.24) is 20.2 Å². The van der Waals surface area contributed by atoms with Crippen LogP contribution in [0.1, 0.15) is 55.5 Å². The van der Waals surface area contributed by atoms with Crippen LogP contribution in [0.2, 0.25) is 0 Å². The average molecular weight is 306 g/mol. The number of nitrogens with one attached hydrogen (secondary N) is 2. The van der Waals surface area contributed by atoms with E-state index in [1.54, 1.807) is 11.8 Å². The maximum atomic E-state index is 12.7. The maximum Gasteiger partial charge on any atom is 0.264 e. The predicted octanol–water partition coefficient (Wildman–Crippen LogP) is 1.20. The highest BCUT2D eigenvalue weighted by Crippen LogP contribution is 2.18. The van der Waals surface area contributed by atoms with Gasteiger partial charge in [0.1, 0.15) is 11.4 Å². The summed E-state index contributed by atoms with van der Waals surface area (Å²) in [4.78, 5) is 34.1. The van der Waals surface area contributed by atoms with Crippen LogP contribution in [0.3, 0.4) is 0 Å². The fraction of sp³-hybridized carbons (Fsp3) is 0.688. The Morgan fingerprint density at radius 1 is 1.41 bits per heavy atom. The van der Waals surface area contributed by atoms with E-state index in [1.165, 1.54) is 0 Å². The van der Waals surface area contributed by atoms with Gasteiger partial charge in [-0.1, -0.05) is 20.8 Å². The number of aromatic nitrogens is 2. The van der Waals surface area contributed by atoms with Gasteiger partial charge in [-0.15, -0.1) is 0 Å². The lowest BCUT2D eigenvalue weighted by Gasteiger charge is -2.32. The molecule has 1 amide bonds. The Balaban J connectivity index is 2.32. The van der Waals surface area contributed by atoms with Crippen LogP contribution in [0.25, 0.3) is 0 Å². The third-order valence-electron chi connectivity index (χ3n) is 4.14. The molecule has 0 radical (unpaired) electrons. The number of hydrogen-bond acceptors (Lipinski definition) is 4. The Labute approximate surface area is 131 Å². The van der Waals surface area contributed by atoms with Gasteiger partial charge in [-0.25, -0.2) is 4.98 Å². The molecule has 2 rings (SSSR count). The molecule has 6 nitrogen and oxygen atoms in total. The number of likely N-dealkylation sites (N-methyl/N-ethyl adjacent to an activating group) is 1. The Morgan fingerprint density at radius 3 is 2.64 bits per heavy atom. The van der Waals surface area contributed by atoms with Crippen LogP contribution in [0.4, 0.5) is 0 Å². The third-order valence-corrected chi connectivity index (χ3v) is 4.14. The van der Waals surface area contributed by atoms with E-state index in [0.29, 0.717) is 30.6 Å². The quantitative estimate of drug-likeness (QED) is 0.860. The number of H-pyrrole nitrogens is 1. The number of piperidine rings is 1. The largest absolute Gasteiger partial charge is 0.337 e. The molecule has 1 aliphatic heterocycles. The monoisotopic (exact) mass is 306 g/mol. The molecule has 0 saturated carbocycles. The normalized spacial score (nSPS) is 19.3. The Kier molecular flexibility index (Phi) is 4.70. The van der Waals surface area contributed by atoms with Crippen molar-refractivity contribution in [2.24, 2.45) is 0 Å². The first-order chi connectivity index (χ1) is 10.2. The van der Waals surface area contributed by atoms with E-state index in [0.717, 1.165) is 12.8 Å². The fourth-order valence-electron chi connectivity index (χ4n) is 2.75. The topological polar surface area (TPSA) is 78.1 Å². The van der Waals surface area contributed by atoms with Gasteiger partial charge >= 0.3 is 0 Å². The third kappa shape index (κ3) is 3.38. The maximum absolute atomic E-state index is 12.7. The zero-order valence-corrected chi connectivity index (χ0v) is 14.1. The number of nitrogens with zero attached hydrogens (tertiary/aromatic N) is 2. The number of aromatic amines is 1. The number of rotatable bonds is 2. The van der Waals surface area contributed by atoms with Crippen molar-refractivity contribution < 1.29 is 4.79 Å². The summed E-state index contributed by atoms with van der Waals surface area (Å²) in [6, 6.07) is 0.291. The van der Waals surface area contributed by atoms with Gasteiger partial charge < -0.3 is 15.2 Å². The molecule has 1 atom stereocenters. The minimum atomic E-state index is -0.339. The number of carbonyl (C=O) groups excluding carboxylic acids is 1. The molecule has 22 heavy (non-hydrogen) atoms. The zero-order valence-electron chi connectivity index (χ0n) is 14.1. The molecule has 0 bridgehead atoms. The number of aryl methyl sites for hydroxylation is 1. The predicted molar refractivity (Wildman–Crippen MR) is 86.3 cm³/mol. The highest BCUT2D eigenvalue weighted by Gasteiger charge is 2.28. The van der Waals surface area contributed by atoms with E-state index in [9.17, 15) is 9.59 Å². The second-order valence-corrected chi connectivity index (χ2v) is 7.00. The highest BCUT2D eigenvalue weighted by atomic mass is 16.2. The first-order valence-corrected chi connectivity index (χ1v) is 7.82. The molecular weight excluding hydrogens is 280 g/mol. The van der Waals surface area contributed by atoms with Crippen LogP contribution < -0.4 is 10.9 Å². The fourth-order valence-corrected chi connectivity index (χ4v) is 2.75. The van der Waals surface area contributed by atoms with Gasteiger partial charge in [-0.3, -0.25) is 9.59 Å². The summed E-state index contributed by atoms with van der Waals surface area (Å²) in [7, 11) is 1.90. The van der Waals surface area contributed by atoms with Crippen LogP contribution in [-0.2, 0) is 5.41 Å². The van der Waals surface area contributed by atoms with Gasteiger partial charge in [0.05, 0.1) is 5.69 Å². The van der Waals surface area contributed by atoms with E-state index in [2.05, 4.69) is 15.3 Å². The summed E-state index contributed by atoms with van der Waals surface area (Å²) in [5, 5.41) is 3.20. The van der Waals surface area contributed by atoms with Gasteiger partial charge in [-0.2, -0.15) is 0 Å². The lowest BCUT2D eigenvalue weighted by atomic mass is 9.95. The second kappa shape index (κ2) is 6.20. The number of carbonyl (C=O) groups is 1. The molecule has 1 aromatic heterocycles. The first-order valence-electron chi connectivity index (χ1n) is 7.82. The summed E-state index contributed by atoms with van der Waals surface area (Å²) >= 11 is 0. The van der Waals surface area contributed by atoms with Gasteiger partial charge in [0, 0.05) is 24.5 Å². The molecule has 0 spiro atoms.